The van der Waals surface area contributed by atoms with E-state index in [0.29, 0.717) is 5.76 Å². The number of aromatic hydroxyl groups is 1. The third kappa shape index (κ3) is 2.79. The van der Waals surface area contributed by atoms with Crippen LogP contribution in [-0.4, -0.2) is 12.2 Å². The fourth-order valence-corrected chi connectivity index (χ4v) is 1.40. The van der Waals surface area contributed by atoms with Gasteiger partial charge < -0.3 is 14.3 Å². The highest BCUT2D eigenvalue weighted by Gasteiger charge is 1.98. The largest absolute Gasteiger partial charge is 0.502 e. The highest BCUT2D eigenvalue weighted by Crippen LogP contribution is 2.14. The molecule has 1 heterocycles. The molecule has 1 N–H and O–H groups in total. The molecule has 2 aromatic rings. The summed E-state index contributed by atoms with van der Waals surface area (Å²) in [5.41, 5.74) is 0.488. The van der Waals surface area contributed by atoms with Crippen molar-refractivity contribution in [1.82, 2.24) is 0 Å². The molecule has 0 aliphatic heterocycles. The molecule has 1 aromatic carbocycles. The van der Waals surface area contributed by atoms with Gasteiger partial charge in [-0.05, 0) is 23.8 Å². The number of rotatable bonds is 3. The Hall–Kier alpha value is -2.49. The van der Waals surface area contributed by atoms with E-state index >= 15 is 0 Å². The summed E-state index contributed by atoms with van der Waals surface area (Å²) in [7, 11) is 1.61. The fraction of sp³-hybridized carbons (Fsp3) is 0.0714. The van der Waals surface area contributed by atoms with Crippen molar-refractivity contribution in [1.29, 1.82) is 0 Å². The zero-order valence-electron chi connectivity index (χ0n) is 9.79. The number of methoxy groups -OCH3 is 1. The van der Waals surface area contributed by atoms with Crippen LogP contribution in [0.25, 0.3) is 12.2 Å². The molecule has 0 saturated heterocycles. The van der Waals surface area contributed by atoms with Gasteiger partial charge in [0.1, 0.15) is 17.8 Å². The molecule has 2 rings (SSSR count). The average molecular weight is 244 g/mol. The molecule has 92 valence electrons. The van der Waals surface area contributed by atoms with Gasteiger partial charge >= 0.3 is 0 Å². The second kappa shape index (κ2) is 5.23. The van der Waals surface area contributed by atoms with Gasteiger partial charge in [0, 0.05) is 6.07 Å². The van der Waals surface area contributed by atoms with E-state index in [-0.39, 0.29) is 0 Å². The van der Waals surface area contributed by atoms with Gasteiger partial charge in [-0.15, -0.1) is 0 Å². The van der Waals surface area contributed by atoms with Crippen LogP contribution in [0.5, 0.6) is 11.5 Å². The highest BCUT2D eigenvalue weighted by molar-refractivity contribution is 5.67. The lowest BCUT2D eigenvalue weighted by Gasteiger charge is -1.99. The third-order valence-corrected chi connectivity index (χ3v) is 2.39. The Morgan fingerprint density at radius 3 is 2.56 bits per heavy atom. The van der Waals surface area contributed by atoms with Gasteiger partial charge in [-0.3, -0.25) is 4.79 Å². The molecular weight excluding hydrogens is 232 g/mol. The first-order chi connectivity index (χ1) is 8.69. The predicted molar refractivity (Wildman–Crippen MR) is 68.6 cm³/mol. The average Bonchev–Trinajstić information content (AvgIpc) is 2.41. The molecular formula is C14H12O4. The second-order valence-electron chi connectivity index (χ2n) is 3.64. The van der Waals surface area contributed by atoms with Gasteiger partial charge in [-0.25, -0.2) is 0 Å². The number of hydrogen-bond donors (Lipinski definition) is 1. The fourth-order valence-electron chi connectivity index (χ4n) is 1.40. The Balaban J connectivity index is 2.18. The molecule has 0 unspecified atom stereocenters. The molecule has 1 aromatic heterocycles. The zero-order chi connectivity index (χ0) is 13.0. The van der Waals surface area contributed by atoms with Gasteiger partial charge in [0.2, 0.25) is 5.43 Å². The summed E-state index contributed by atoms with van der Waals surface area (Å²) < 4.78 is 10.1. The van der Waals surface area contributed by atoms with Crippen molar-refractivity contribution in [3.05, 3.63) is 58.1 Å². The normalized spacial score (nSPS) is 10.7. The van der Waals surface area contributed by atoms with E-state index in [4.69, 9.17) is 14.3 Å². The first-order valence-electron chi connectivity index (χ1n) is 5.33. The van der Waals surface area contributed by atoms with Gasteiger partial charge in [0.15, 0.2) is 5.75 Å². The van der Waals surface area contributed by atoms with E-state index < -0.39 is 11.2 Å². The minimum Gasteiger partial charge on any atom is -0.502 e. The van der Waals surface area contributed by atoms with Gasteiger partial charge in [0.05, 0.1) is 7.11 Å². The molecule has 4 heteroatoms. The van der Waals surface area contributed by atoms with E-state index in [1.165, 1.54) is 6.07 Å². The van der Waals surface area contributed by atoms with Crippen LogP contribution in [0.3, 0.4) is 0 Å². The van der Waals surface area contributed by atoms with Crippen molar-refractivity contribution in [3.8, 4) is 11.5 Å². The van der Waals surface area contributed by atoms with Crippen LogP contribution in [0.4, 0.5) is 0 Å². The predicted octanol–water partition coefficient (Wildman–Crippen LogP) is 2.52. The molecule has 0 amide bonds. The lowest BCUT2D eigenvalue weighted by atomic mass is 10.2. The molecule has 4 nitrogen and oxygen atoms in total. The molecule has 0 spiro atoms. The lowest BCUT2D eigenvalue weighted by molar-refractivity contribution is 0.415. The SMILES string of the molecule is COc1ccc(C=Cc2cc(=O)c(O)co2)cc1. The van der Waals surface area contributed by atoms with Crippen molar-refractivity contribution < 1.29 is 14.3 Å². The van der Waals surface area contributed by atoms with E-state index in [0.717, 1.165) is 17.6 Å². The Bertz CT molecular complexity index is 608. The molecule has 0 saturated carbocycles. The second-order valence-corrected chi connectivity index (χ2v) is 3.64. The minimum absolute atomic E-state index is 0.383. The summed E-state index contributed by atoms with van der Waals surface area (Å²) in [5.74, 6) is 0.772. The Morgan fingerprint density at radius 1 is 1.22 bits per heavy atom. The Morgan fingerprint density at radius 2 is 1.94 bits per heavy atom. The number of ether oxygens (including phenoxy) is 1. The molecule has 0 fully saturated rings. The van der Waals surface area contributed by atoms with Crippen molar-refractivity contribution >= 4 is 12.2 Å². The number of benzene rings is 1. The first-order valence-corrected chi connectivity index (χ1v) is 5.33. The maximum Gasteiger partial charge on any atom is 0.227 e. The maximum atomic E-state index is 11.2. The summed E-state index contributed by atoms with van der Waals surface area (Å²) in [6, 6.07) is 8.68. The topological polar surface area (TPSA) is 59.7 Å². The quantitative estimate of drug-likeness (QED) is 0.901. The van der Waals surface area contributed by atoms with Crippen LogP contribution in [0.15, 0.2) is 45.8 Å². The number of hydrogen-bond acceptors (Lipinski definition) is 4. The Kier molecular flexibility index (Phi) is 3.48. The lowest BCUT2D eigenvalue weighted by Crippen LogP contribution is -1.97. The van der Waals surface area contributed by atoms with E-state index in [1.54, 1.807) is 19.3 Å². The molecule has 0 atom stereocenters. The van der Waals surface area contributed by atoms with Crippen LogP contribution in [0.1, 0.15) is 11.3 Å². The molecule has 18 heavy (non-hydrogen) atoms. The van der Waals surface area contributed by atoms with Crippen molar-refractivity contribution in [2.75, 3.05) is 7.11 Å². The van der Waals surface area contributed by atoms with Gasteiger partial charge in [-0.1, -0.05) is 18.2 Å². The molecule has 0 bridgehead atoms. The van der Waals surface area contributed by atoms with Crippen LogP contribution in [-0.2, 0) is 0 Å². The monoisotopic (exact) mass is 244 g/mol. The summed E-state index contributed by atoms with van der Waals surface area (Å²) in [6.07, 6.45) is 4.48. The summed E-state index contributed by atoms with van der Waals surface area (Å²) >= 11 is 0. The summed E-state index contributed by atoms with van der Waals surface area (Å²) in [6.45, 7) is 0. The minimum atomic E-state index is -0.462. The summed E-state index contributed by atoms with van der Waals surface area (Å²) in [4.78, 5) is 11.2. The maximum absolute atomic E-state index is 11.2. The van der Waals surface area contributed by atoms with E-state index in [2.05, 4.69) is 0 Å². The van der Waals surface area contributed by atoms with Crippen LogP contribution in [0, 0.1) is 0 Å². The van der Waals surface area contributed by atoms with Crippen molar-refractivity contribution in [2.45, 2.75) is 0 Å². The Labute approximate surface area is 104 Å². The summed E-state index contributed by atoms with van der Waals surface area (Å²) in [5, 5.41) is 9.04. The van der Waals surface area contributed by atoms with E-state index in [1.807, 2.05) is 24.3 Å². The van der Waals surface area contributed by atoms with E-state index in [9.17, 15) is 4.79 Å². The van der Waals surface area contributed by atoms with Crippen LogP contribution < -0.4 is 10.2 Å². The van der Waals surface area contributed by atoms with Gasteiger partial charge in [-0.2, -0.15) is 0 Å². The van der Waals surface area contributed by atoms with Crippen LogP contribution in [0.2, 0.25) is 0 Å². The standard InChI is InChI=1S/C14H12O4/c1-17-11-5-2-10(3-6-11)4-7-12-8-13(15)14(16)9-18-12/h2-9,16H,1H3. The zero-order valence-corrected chi connectivity index (χ0v) is 9.79. The first kappa shape index (κ1) is 12.0. The smallest absolute Gasteiger partial charge is 0.227 e. The van der Waals surface area contributed by atoms with Crippen molar-refractivity contribution in [3.63, 3.8) is 0 Å². The molecule has 0 aliphatic rings. The van der Waals surface area contributed by atoms with Crippen molar-refractivity contribution in [2.24, 2.45) is 0 Å². The van der Waals surface area contributed by atoms with Gasteiger partial charge in [0.25, 0.3) is 0 Å². The van der Waals surface area contributed by atoms with Crippen LogP contribution >= 0.6 is 0 Å². The third-order valence-electron chi connectivity index (χ3n) is 2.39. The molecule has 0 radical (unpaired) electrons. The molecule has 0 aliphatic carbocycles. The highest BCUT2D eigenvalue weighted by atomic mass is 16.5.